The minimum atomic E-state index is 0.508. The number of hydrogen-bond donors (Lipinski definition) is 1. The molecule has 1 aromatic heterocycles. The van der Waals surface area contributed by atoms with Crippen LogP contribution in [0.25, 0.3) is 0 Å². The highest BCUT2D eigenvalue weighted by Gasteiger charge is 2.12. The van der Waals surface area contributed by atoms with Crippen molar-refractivity contribution < 1.29 is 4.74 Å². The van der Waals surface area contributed by atoms with Gasteiger partial charge in [0.15, 0.2) is 0 Å². The Bertz CT molecular complexity index is 324. The maximum Gasteiger partial charge on any atom is 0.316 e. The fourth-order valence-electron chi connectivity index (χ4n) is 1.98. The van der Waals surface area contributed by atoms with Gasteiger partial charge in [-0.3, -0.25) is 0 Å². The first-order chi connectivity index (χ1) is 7.84. The summed E-state index contributed by atoms with van der Waals surface area (Å²) < 4.78 is 5.55. The van der Waals surface area contributed by atoms with Gasteiger partial charge >= 0.3 is 6.01 Å². The van der Waals surface area contributed by atoms with E-state index in [9.17, 15) is 0 Å². The van der Waals surface area contributed by atoms with Crippen molar-refractivity contribution in [3.05, 3.63) is 18.0 Å². The number of nitrogens with zero attached hydrogens (tertiary/aromatic N) is 2. The monoisotopic (exact) mass is 221 g/mol. The molecule has 1 aliphatic heterocycles. The predicted octanol–water partition coefficient (Wildman–Crippen LogP) is 1.55. The number of rotatable bonds is 4. The zero-order chi connectivity index (χ0) is 11.2. The lowest BCUT2D eigenvalue weighted by Crippen LogP contribution is -2.28. The topological polar surface area (TPSA) is 47.0 Å². The molecule has 16 heavy (non-hydrogen) atoms. The third kappa shape index (κ3) is 3.45. The summed E-state index contributed by atoms with van der Waals surface area (Å²) in [6.07, 6.45) is 5.37. The third-order valence-electron chi connectivity index (χ3n) is 2.99. The van der Waals surface area contributed by atoms with E-state index in [1.165, 1.54) is 12.8 Å². The van der Waals surface area contributed by atoms with Gasteiger partial charge in [-0.2, -0.15) is 0 Å². The van der Waals surface area contributed by atoms with E-state index in [2.05, 4.69) is 15.3 Å². The summed E-state index contributed by atoms with van der Waals surface area (Å²) in [6.45, 7) is 4.96. The molecule has 0 aromatic carbocycles. The fraction of sp³-hybridized carbons (Fsp3) is 0.667. The van der Waals surface area contributed by atoms with Gasteiger partial charge in [0.25, 0.3) is 0 Å². The molecule has 1 saturated heterocycles. The van der Waals surface area contributed by atoms with Gasteiger partial charge in [0, 0.05) is 11.9 Å². The number of hydrogen-bond acceptors (Lipinski definition) is 4. The van der Waals surface area contributed by atoms with Crippen molar-refractivity contribution in [3.63, 3.8) is 0 Å². The third-order valence-corrected chi connectivity index (χ3v) is 2.99. The van der Waals surface area contributed by atoms with Crippen LogP contribution in [-0.2, 0) is 0 Å². The van der Waals surface area contributed by atoms with E-state index >= 15 is 0 Å². The van der Waals surface area contributed by atoms with Crippen LogP contribution in [0.1, 0.15) is 25.0 Å². The first kappa shape index (κ1) is 11.3. The molecular formula is C12H19N3O. The molecule has 0 amide bonds. The molecule has 2 rings (SSSR count). The maximum absolute atomic E-state index is 5.55. The summed E-state index contributed by atoms with van der Waals surface area (Å²) in [5.74, 6) is 0.797. The molecule has 0 saturated carbocycles. The van der Waals surface area contributed by atoms with Crippen LogP contribution in [0.4, 0.5) is 0 Å². The first-order valence-corrected chi connectivity index (χ1v) is 5.98. The van der Waals surface area contributed by atoms with Crippen LogP contribution in [-0.4, -0.2) is 29.7 Å². The molecule has 0 radical (unpaired) electrons. The van der Waals surface area contributed by atoms with Gasteiger partial charge in [-0.1, -0.05) is 0 Å². The number of aromatic nitrogens is 2. The van der Waals surface area contributed by atoms with Crippen molar-refractivity contribution in [2.75, 3.05) is 19.7 Å². The number of nitrogens with one attached hydrogen (secondary N) is 1. The largest absolute Gasteiger partial charge is 0.463 e. The standard InChI is InChI=1S/C12H19N3O/c1-10-2-8-14-12(15-10)16-9-5-11-3-6-13-7-4-11/h2,8,11,13H,3-7,9H2,1H3. The SMILES string of the molecule is Cc1ccnc(OCCC2CCNCC2)n1. The molecule has 88 valence electrons. The molecule has 0 aliphatic carbocycles. The van der Waals surface area contributed by atoms with E-state index in [-0.39, 0.29) is 0 Å². The second-order valence-electron chi connectivity index (χ2n) is 4.31. The average molecular weight is 221 g/mol. The van der Waals surface area contributed by atoms with Gasteiger partial charge in [0.2, 0.25) is 0 Å². The van der Waals surface area contributed by atoms with Crippen LogP contribution in [0, 0.1) is 12.8 Å². The Hall–Kier alpha value is -1.16. The minimum Gasteiger partial charge on any atom is -0.463 e. The summed E-state index contributed by atoms with van der Waals surface area (Å²) in [6, 6.07) is 2.38. The Balaban J connectivity index is 1.71. The molecule has 0 unspecified atom stereocenters. The predicted molar refractivity (Wildman–Crippen MR) is 62.5 cm³/mol. The van der Waals surface area contributed by atoms with E-state index in [4.69, 9.17) is 4.74 Å². The normalized spacial score (nSPS) is 17.3. The van der Waals surface area contributed by atoms with Gasteiger partial charge < -0.3 is 10.1 Å². The Morgan fingerprint density at radius 3 is 3.00 bits per heavy atom. The van der Waals surface area contributed by atoms with Crippen LogP contribution in [0.3, 0.4) is 0 Å². The molecular weight excluding hydrogens is 202 g/mol. The lowest BCUT2D eigenvalue weighted by molar-refractivity contribution is 0.237. The van der Waals surface area contributed by atoms with Crippen molar-refractivity contribution in [1.82, 2.24) is 15.3 Å². The van der Waals surface area contributed by atoms with Crippen LogP contribution in [0.2, 0.25) is 0 Å². The molecule has 1 N–H and O–H groups in total. The zero-order valence-corrected chi connectivity index (χ0v) is 9.78. The highest BCUT2D eigenvalue weighted by molar-refractivity contribution is 5.02. The number of ether oxygens (including phenoxy) is 1. The summed E-state index contributed by atoms with van der Waals surface area (Å²) in [4.78, 5) is 8.29. The zero-order valence-electron chi connectivity index (χ0n) is 9.78. The summed E-state index contributed by atoms with van der Waals surface area (Å²) in [5, 5.41) is 3.36. The van der Waals surface area contributed by atoms with Crippen LogP contribution in [0.15, 0.2) is 12.3 Å². The molecule has 1 aromatic rings. The Morgan fingerprint density at radius 2 is 2.25 bits per heavy atom. The van der Waals surface area contributed by atoms with Crippen LogP contribution < -0.4 is 10.1 Å². The Labute approximate surface area is 96.4 Å². The van der Waals surface area contributed by atoms with Gasteiger partial charge in [0.1, 0.15) is 0 Å². The molecule has 0 spiro atoms. The fourth-order valence-corrected chi connectivity index (χ4v) is 1.98. The van der Waals surface area contributed by atoms with E-state index in [0.717, 1.165) is 37.7 Å². The number of piperidine rings is 1. The van der Waals surface area contributed by atoms with Gasteiger partial charge in [-0.15, -0.1) is 0 Å². The van der Waals surface area contributed by atoms with Gasteiger partial charge in [-0.25, -0.2) is 9.97 Å². The molecule has 0 bridgehead atoms. The van der Waals surface area contributed by atoms with Gasteiger partial charge in [0.05, 0.1) is 6.61 Å². The van der Waals surface area contributed by atoms with Crippen molar-refractivity contribution in [3.8, 4) is 6.01 Å². The highest BCUT2D eigenvalue weighted by Crippen LogP contribution is 2.15. The van der Waals surface area contributed by atoms with Crippen LogP contribution in [0.5, 0.6) is 6.01 Å². The van der Waals surface area contributed by atoms with E-state index in [1.807, 2.05) is 13.0 Å². The molecule has 0 atom stereocenters. The lowest BCUT2D eigenvalue weighted by Gasteiger charge is -2.22. The number of aryl methyl sites for hydroxylation is 1. The average Bonchev–Trinajstić information content (AvgIpc) is 2.30. The second-order valence-corrected chi connectivity index (χ2v) is 4.31. The second kappa shape index (κ2) is 5.80. The molecule has 1 fully saturated rings. The first-order valence-electron chi connectivity index (χ1n) is 5.98. The van der Waals surface area contributed by atoms with Crippen molar-refractivity contribution in [1.29, 1.82) is 0 Å². The van der Waals surface area contributed by atoms with E-state index < -0.39 is 0 Å². The van der Waals surface area contributed by atoms with E-state index in [1.54, 1.807) is 6.20 Å². The summed E-state index contributed by atoms with van der Waals surface area (Å²) in [5.41, 5.74) is 0.951. The molecule has 1 aliphatic rings. The molecule has 4 heteroatoms. The van der Waals surface area contributed by atoms with Gasteiger partial charge in [-0.05, 0) is 51.3 Å². The van der Waals surface area contributed by atoms with Crippen molar-refractivity contribution in [2.45, 2.75) is 26.2 Å². The molecule has 4 nitrogen and oxygen atoms in total. The Morgan fingerprint density at radius 1 is 1.44 bits per heavy atom. The lowest BCUT2D eigenvalue weighted by atomic mass is 9.95. The quantitative estimate of drug-likeness (QED) is 0.838. The van der Waals surface area contributed by atoms with E-state index in [0.29, 0.717) is 6.01 Å². The van der Waals surface area contributed by atoms with Crippen LogP contribution >= 0.6 is 0 Å². The van der Waals surface area contributed by atoms with Crippen molar-refractivity contribution in [2.24, 2.45) is 5.92 Å². The smallest absolute Gasteiger partial charge is 0.316 e. The summed E-state index contributed by atoms with van der Waals surface area (Å²) in [7, 11) is 0. The Kier molecular flexibility index (Phi) is 4.10. The summed E-state index contributed by atoms with van der Waals surface area (Å²) >= 11 is 0. The molecule has 2 heterocycles. The van der Waals surface area contributed by atoms with Crippen molar-refractivity contribution >= 4 is 0 Å². The highest BCUT2D eigenvalue weighted by atomic mass is 16.5. The minimum absolute atomic E-state index is 0.508. The maximum atomic E-state index is 5.55.